The SMILES string of the molecule is CC(C)CC1SCCN1N=O. The van der Waals surface area contributed by atoms with Crippen molar-refractivity contribution in [1.29, 1.82) is 0 Å². The van der Waals surface area contributed by atoms with Crippen LogP contribution < -0.4 is 0 Å². The Morgan fingerprint density at radius 2 is 2.45 bits per heavy atom. The van der Waals surface area contributed by atoms with E-state index in [9.17, 15) is 4.91 Å². The van der Waals surface area contributed by atoms with Crippen LogP contribution >= 0.6 is 11.8 Å². The quantitative estimate of drug-likeness (QED) is 0.614. The Morgan fingerprint density at radius 3 is 3.00 bits per heavy atom. The highest BCUT2D eigenvalue weighted by molar-refractivity contribution is 8.00. The maximum Gasteiger partial charge on any atom is 0.0957 e. The Balaban J connectivity index is 2.37. The van der Waals surface area contributed by atoms with Crippen molar-refractivity contribution in [2.24, 2.45) is 11.2 Å². The summed E-state index contributed by atoms with van der Waals surface area (Å²) in [6.45, 7) is 5.16. The average molecular weight is 174 g/mol. The van der Waals surface area contributed by atoms with Crippen molar-refractivity contribution in [3.05, 3.63) is 4.91 Å². The number of thioether (sulfide) groups is 1. The number of nitroso groups, excluding NO2 is 1. The van der Waals surface area contributed by atoms with Gasteiger partial charge in [-0.3, -0.25) is 0 Å². The van der Waals surface area contributed by atoms with Gasteiger partial charge in [-0.1, -0.05) is 13.8 Å². The summed E-state index contributed by atoms with van der Waals surface area (Å²) in [6.07, 6.45) is 1.07. The molecule has 4 heteroatoms. The number of hydrogen-bond donors (Lipinski definition) is 0. The first-order chi connectivity index (χ1) is 5.24. The van der Waals surface area contributed by atoms with E-state index < -0.39 is 0 Å². The molecule has 1 aliphatic heterocycles. The van der Waals surface area contributed by atoms with Gasteiger partial charge in [0.05, 0.1) is 10.7 Å². The summed E-state index contributed by atoms with van der Waals surface area (Å²) in [5, 5.41) is 4.98. The lowest BCUT2D eigenvalue weighted by Gasteiger charge is -2.18. The van der Waals surface area contributed by atoms with Gasteiger partial charge in [-0.2, -0.15) is 0 Å². The lowest BCUT2D eigenvalue weighted by molar-refractivity contribution is 0.271. The van der Waals surface area contributed by atoms with Crippen LogP contribution in [0.2, 0.25) is 0 Å². The van der Waals surface area contributed by atoms with E-state index in [1.807, 2.05) is 11.8 Å². The Labute approximate surface area is 71.5 Å². The summed E-state index contributed by atoms with van der Waals surface area (Å²) < 4.78 is 0. The largest absolute Gasteiger partial charge is 0.247 e. The molecule has 11 heavy (non-hydrogen) atoms. The second-order valence-corrected chi connectivity index (χ2v) is 4.49. The van der Waals surface area contributed by atoms with Crippen molar-refractivity contribution in [1.82, 2.24) is 5.01 Å². The summed E-state index contributed by atoms with van der Waals surface area (Å²) >= 11 is 1.84. The third-order valence-electron chi connectivity index (χ3n) is 1.74. The van der Waals surface area contributed by atoms with Gasteiger partial charge in [-0.25, -0.2) is 5.01 Å². The minimum Gasteiger partial charge on any atom is -0.247 e. The highest BCUT2D eigenvalue weighted by Crippen LogP contribution is 2.28. The topological polar surface area (TPSA) is 32.7 Å². The minimum absolute atomic E-state index is 0.340. The molecule has 0 saturated carbocycles. The standard InChI is InChI=1S/C7H14N2OS/c1-6(2)5-7-9(8-10)3-4-11-7/h6-7H,3-5H2,1-2H3. The zero-order valence-corrected chi connectivity index (χ0v) is 7.80. The molecular formula is C7H14N2OS. The predicted molar refractivity (Wildman–Crippen MR) is 48.2 cm³/mol. The van der Waals surface area contributed by atoms with Crippen molar-refractivity contribution in [3.63, 3.8) is 0 Å². The number of nitrogens with zero attached hydrogens (tertiary/aromatic N) is 2. The lowest BCUT2D eigenvalue weighted by atomic mass is 10.1. The maximum absolute atomic E-state index is 10.3. The molecule has 0 radical (unpaired) electrons. The van der Waals surface area contributed by atoms with Crippen molar-refractivity contribution >= 4 is 11.8 Å². The second kappa shape index (κ2) is 3.95. The van der Waals surface area contributed by atoms with Crippen LogP contribution in [0.1, 0.15) is 20.3 Å². The van der Waals surface area contributed by atoms with Crippen LogP contribution in [0.25, 0.3) is 0 Å². The van der Waals surface area contributed by atoms with Crippen LogP contribution in [0, 0.1) is 10.8 Å². The smallest absolute Gasteiger partial charge is 0.0957 e. The maximum atomic E-state index is 10.3. The summed E-state index contributed by atoms with van der Waals surface area (Å²) in [4.78, 5) is 10.3. The fourth-order valence-electron chi connectivity index (χ4n) is 1.20. The van der Waals surface area contributed by atoms with Gasteiger partial charge in [0.2, 0.25) is 0 Å². The van der Waals surface area contributed by atoms with Crippen molar-refractivity contribution in [2.45, 2.75) is 25.6 Å². The Morgan fingerprint density at radius 1 is 1.73 bits per heavy atom. The van der Waals surface area contributed by atoms with E-state index in [1.165, 1.54) is 0 Å². The average Bonchev–Trinajstić information content (AvgIpc) is 2.34. The molecule has 1 heterocycles. The fourth-order valence-corrected chi connectivity index (χ4v) is 2.60. The first kappa shape index (κ1) is 8.84. The third-order valence-corrected chi connectivity index (χ3v) is 2.98. The van der Waals surface area contributed by atoms with Gasteiger partial charge in [0.25, 0.3) is 0 Å². The minimum atomic E-state index is 0.340. The monoisotopic (exact) mass is 174 g/mol. The molecule has 64 valence electrons. The zero-order chi connectivity index (χ0) is 8.27. The molecule has 0 amide bonds. The van der Waals surface area contributed by atoms with Gasteiger partial charge >= 0.3 is 0 Å². The zero-order valence-electron chi connectivity index (χ0n) is 6.99. The summed E-state index contributed by atoms with van der Waals surface area (Å²) in [5.74, 6) is 1.69. The van der Waals surface area contributed by atoms with Crippen LogP contribution in [0.4, 0.5) is 0 Å². The van der Waals surface area contributed by atoms with Crippen LogP contribution in [0.5, 0.6) is 0 Å². The first-order valence-electron chi connectivity index (χ1n) is 3.95. The molecule has 1 fully saturated rings. The molecule has 0 aromatic carbocycles. The van der Waals surface area contributed by atoms with Crippen LogP contribution in [0.3, 0.4) is 0 Å². The van der Waals surface area contributed by atoms with E-state index in [-0.39, 0.29) is 0 Å². The predicted octanol–water partition coefficient (Wildman–Crippen LogP) is 2.09. The summed E-state index contributed by atoms with van der Waals surface area (Å²) in [7, 11) is 0. The number of rotatable bonds is 3. The molecule has 1 saturated heterocycles. The highest BCUT2D eigenvalue weighted by Gasteiger charge is 2.25. The molecular weight excluding hydrogens is 160 g/mol. The molecule has 3 nitrogen and oxygen atoms in total. The van der Waals surface area contributed by atoms with E-state index in [0.717, 1.165) is 18.7 Å². The van der Waals surface area contributed by atoms with Gasteiger partial charge < -0.3 is 0 Å². The van der Waals surface area contributed by atoms with Gasteiger partial charge in [-0.05, 0) is 12.3 Å². The van der Waals surface area contributed by atoms with E-state index >= 15 is 0 Å². The lowest BCUT2D eigenvalue weighted by Crippen LogP contribution is -2.23. The van der Waals surface area contributed by atoms with Gasteiger partial charge in [0, 0.05) is 12.3 Å². The molecule has 1 aliphatic rings. The first-order valence-corrected chi connectivity index (χ1v) is 5.00. The molecule has 1 unspecified atom stereocenters. The van der Waals surface area contributed by atoms with Gasteiger partial charge in [0.15, 0.2) is 0 Å². The molecule has 1 rings (SSSR count). The van der Waals surface area contributed by atoms with Gasteiger partial charge in [0.1, 0.15) is 0 Å². The fraction of sp³-hybridized carbons (Fsp3) is 1.00. The normalized spacial score (nSPS) is 24.6. The Hall–Kier alpha value is -0.250. The molecule has 1 atom stereocenters. The van der Waals surface area contributed by atoms with E-state index in [4.69, 9.17) is 0 Å². The van der Waals surface area contributed by atoms with Crippen LogP contribution in [-0.2, 0) is 0 Å². The Kier molecular flexibility index (Phi) is 3.17. The Bertz CT molecular complexity index is 140. The van der Waals surface area contributed by atoms with Crippen molar-refractivity contribution in [3.8, 4) is 0 Å². The van der Waals surface area contributed by atoms with E-state index in [0.29, 0.717) is 11.3 Å². The van der Waals surface area contributed by atoms with Crippen LogP contribution in [-0.4, -0.2) is 22.7 Å². The highest BCUT2D eigenvalue weighted by atomic mass is 32.2. The molecule has 0 spiro atoms. The second-order valence-electron chi connectivity index (χ2n) is 3.20. The molecule has 0 bridgehead atoms. The third kappa shape index (κ3) is 2.36. The number of hydrogen-bond acceptors (Lipinski definition) is 3. The van der Waals surface area contributed by atoms with Gasteiger partial charge in [-0.15, -0.1) is 16.7 Å². The van der Waals surface area contributed by atoms with Crippen LogP contribution in [0.15, 0.2) is 5.29 Å². The van der Waals surface area contributed by atoms with Crippen molar-refractivity contribution in [2.75, 3.05) is 12.3 Å². The molecule has 0 aromatic rings. The molecule has 0 N–H and O–H groups in total. The van der Waals surface area contributed by atoms with E-state index in [1.54, 1.807) is 5.01 Å². The van der Waals surface area contributed by atoms with E-state index in [2.05, 4.69) is 19.1 Å². The van der Waals surface area contributed by atoms with Crippen molar-refractivity contribution < 1.29 is 0 Å². The molecule has 0 aliphatic carbocycles. The summed E-state index contributed by atoms with van der Waals surface area (Å²) in [5.41, 5.74) is 0. The summed E-state index contributed by atoms with van der Waals surface area (Å²) in [6, 6.07) is 0. The molecule has 0 aromatic heterocycles.